The first-order valence-electron chi connectivity index (χ1n) is 4.03. The highest BCUT2D eigenvalue weighted by atomic mass is 16.1. The molecule has 0 aliphatic carbocycles. The van der Waals surface area contributed by atoms with Crippen LogP contribution < -0.4 is 21.6 Å². The fourth-order valence-corrected chi connectivity index (χ4v) is 1.13. The third-order valence-electron chi connectivity index (χ3n) is 1.80. The summed E-state index contributed by atoms with van der Waals surface area (Å²) in [5, 5.41) is 5.84. The average Bonchev–Trinajstić information content (AvgIpc) is 2.16. The number of nitrogens with one attached hydrogen (secondary N) is 3. The van der Waals surface area contributed by atoms with Crippen molar-refractivity contribution in [1.29, 1.82) is 0 Å². The fourth-order valence-electron chi connectivity index (χ4n) is 1.13. The number of hydrogen-bond acceptors (Lipinski definition) is 4. The molecule has 72 valence electrons. The van der Waals surface area contributed by atoms with Crippen LogP contribution in [0.1, 0.15) is 0 Å². The van der Waals surface area contributed by atoms with Crippen molar-refractivity contribution in [2.45, 2.75) is 0 Å². The Labute approximate surface area is 76.7 Å². The summed E-state index contributed by atoms with van der Waals surface area (Å²) in [7, 11) is 5.24. The minimum Gasteiger partial charge on any atom is -0.388 e. The van der Waals surface area contributed by atoms with Crippen molar-refractivity contribution < 1.29 is 0 Å². The van der Waals surface area contributed by atoms with Gasteiger partial charge in [-0.2, -0.15) is 0 Å². The number of rotatable bonds is 3. The molecule has 0 aliphatic rings. The average molecular weight is 182 g/mol. The van der Waals surface area contributed by atoms with Crippen molar-refractivity contribution in [3.8, 4) is 0 Å². The van der Waals surface area contributed by atoms with Gasteiger partial charge in [-0.25, -0.2) is 4.68 Å². The van der Waals surface area contributed by atoms with Crippen LogP contribution >= 0.6 is 0 Å². The Balaban J connectivity index is 3.29. The molecule has 0 aromatic carbocycles. The van der Waals surface area contributed by atoms with Crippen LogP contribution in [-0.2, 0) is 0 Å². The Bertz CT molecular complexity index is 344. The van der Waals surface area contributed by atoms with E-state index in [2.05, 4.69) is 16.1 Å². The first kappa shape index (κ1) is 9.44. The second-order valence-corrected chi connectivity index (χ2v) is 2.53. The Kier molecular flexibility index (Phi) is 2.79. The highest BCUT2D eigenvalue weighted by Crippen LogP contribution is 2.09. The van der Waals surface area contributed by atoms with E-state index in [1.165, 1.54) is 10.7 Å². The number of anilines is 2. The van der Waals surface area contributed by atoms with Crippen LogP contribution in [0.3, 0.4) is 0 Å². The van der Waals surface area contributed by atoms with E-state index in [4.69, 9.17) is 0 Å². The molecule has 0 fully saturated rings. The lowest BCUT2D eigenvalue weighted by Gasteiger charge is -2.12. The predicted octanol–water partition coefficient (Wildman–Crippen LogP) is 0.105. The van der Waals surface area contributed by atoms with Crippen molar-refractivity contribution in [2.24, 2.45) is 0 Å². The van der Waals surface area contributed by atoms with Crippen LogP contribution in [0.15, 0.2) is 16.9 Å². The van der Waals surface area contributed by atoms with Gasteiger partial charge in [0.15, 0.2) is 0 Å². The molecule has 0 saturated carbocycles. The summed E-state index contributed by atoms with van der Waals surface area (Å²) in [6.07, 6.45) is 0. The van der Waals surface area contributed by atoms with Crippen LogP contribution in [0.4, 0.5) is 11.5 Å². The standard InChI is InChI=1S/C8H14N4O/c1-9-6-4-7(10-2)12(11-3)8(13)5-6/h4-5,9-11H,1-3H3. The van der Waals surface area contributed by atoms with E-state index in [0.29, 0.717) is 0 Å². The maximum atomic E-state index is 11.4. The van der Waals surface area contributed by atoms with Gasteiger partial charge in [0.05, 0.1) is 0 Å². The van der Waals surface area contributed by atoms with E-state index in [0.717, 1.165) is 11.5 Å². The lowest BCUT2D eigenvalue weighted by atomic mass is 10.4. The van der Waals surface area contributed by atoms with E-state index < -0.39 is 0 Å². The molecular formula is C8H14N4O. The molecule has 13 heavy (non-hydrogen) atoms. The van der Waals surface area contributed by atoms with Crippen molar-refractivity contribution in [1.82, 2.24) is 4.68 Å². The SMILES string of the molecule is CNc1cc(NC)n(NC)c(=O)c1. The van der Waals surface area contributed by atoms with Gasteiger partial charge in [0.2, 0.25) is 0 Å². The zero-order chi connectivity index (χ0) is 9.84. The van der Waals surface area contributed by atoms with Gasteiger partial charge < -0.3 is 16.1 Å². The molecule has 1 rings (SSSR count). The number of pyridine rings is 1. The molecule has 0 radical (unpaired) electrons. The van der Waals surface area contributed by atoms with E-state index in [-0.39, 0.29) is 5.56 Å². The van der Waals surface area contributed by atoms with Crippen LogP contribution in [0, 0.1) is 0 Å². The lowest BCUT2D eigenvalue weighted by Crippen LogP contribution is -2.28. The number of hydrogen-bond donors (Lipinski definition) is 3. The van der Waals surface area contributed by atoms with Gasteiger partial charge in [-0.3, -0.25) is 4.79 Å². The third kappa shape index (κ3) is 1.74. The maximum absolute atomic E-state index is 11.4. The molecule has 0 unspecified atom stereocenters. The lowest BCUT2D eigenvalue weighted by molar-refractivity contribution is 0.879. The van der Waals surface area contributed by atoms with Gasteiger partial charge in [0, 0.05) is 39.0 Å². The summed E-state index contributed by atoms with van der Waals surface area (Å²) in [5.74, 6) is 0.722. The Morgan fingerprint density at radius 3 is 2.31 bits per heavy atom. The predicted molar refractivity (Wildman–Crippen MR) is 55.1 cm³/mol. The molecule has 0 bridgehead atoms. The van der Waals surface area contributed by atoms with Gasteiger partial charge >= 0.3 is 0 Å². The van der Waals surface area contributed by atoms with E-state index in [1.807, 2.05) is 6.07 Å². The molecule has 0 saturated heterocycles. The smallest absolute Gasteiger partial charge is 0.272 e. The zero-order valence-electron chi connectivity index (χ0n) is 8.01. The summed E-state index contributed by atoms with van der Waals surface area (Å²) >= 11 is 0. The van der Waals surface area contributed by atoms with E-state index in [1.54, 1.807) is 21.1 Å². The van der Waals surface area contributed by atoms with Crippen molar-refractivity contribution in [3.63, 3.8) is 0 Å². The quantitative estimate of drug-likeness (QED) is 0.620. The Morgan fingerprint density at radius 1 is 1.15 bits per heavy atom. The summed E-state index contributed by atoms with van der Waals surface area (Å²) in [5.41, 5.74) is 3.47. The Morgan fingerprint density at radius 2 is 1.85 bits per heavy atom. The molecule has 0 aliphatic heterocycles. The van der Waals surface area contributed by atoms with Crippen molar-refractivity contribution in [2.75, 3.05) is 37.2 Å². The van der Waals surface area contributed by atoms with Crippen LogP contribution in [0.25, 0.3) is 0 Å². The molecule has 1 heterocycles. The van der Waals surface area contributed by atoms with E-state index >= 15 is 0 Å². The molecule has 1 aromatic rings. The summed E-state index contributed by atoms with van der Waals surface area (Å²) in [4.78, 5) is 11.4. The molecular weight excluding hydrogens is 168 g/mol. The zero-order valence-corrected chi connectivity index (χ0v) is 8.01. The summed E-state index contributed by atoms with van der Waals surface area (Å²) < 4.78 is 1.43. The van der Waals surface area contributed by atoms with Gasteiger partial charge in [-0.15, -0.1) is 0 Å². The Hall–Kier alpha value is -1.65. The second kappa shape index (κ2) is 3.84. The highest BCUT2D eigenvalue weighted by Gasteiger charge is 2.02. The van der Waals surface area contributed by atoms with Gasteiger partial charge in [0.1, 0.15) is 5.82 Å². The molecule has 0 spiro atoms. The molecule has 0 atom stereocenters. The maximum Gasteiger partial charge on any atom is 0.272 e. The topological polar surface area (TPSA) is 58.1 Å². The molecule has 1 aromatic heterocycles. The summed E-state index contributed by atoms with van der Waals surface area (Å²) in [6.45, 7) is 0. The third-order valence-corrected chi connectivity index (χ3v) is 1.80. The van der Waals surface area contributed by atoms with Crippen molar-refractivity contribution in [3.05, 3.63) is 22.5 Å². The monoisotopic (exact) mass is 182 g/mol. The summed E-state index contributed by atoms with van der Waals surface area (Å²) in [6, 6.07) is 3.37. The van der Waals surface area contributed by atoms with Crippen LogP contribution in [0.5, 0.6) is 0 Å². The highest BCUT2D eigenvalue weighted by molar-refractivity contribution is 5.52. The van der Waals surface area contributed by atoms with E-state index in [9.17, 15) is 4.79 Å². The molecule has 5 nitrogen and oxygen atoms in total. The first-order valence-corrected chi connectivity index (χ1v) is 4.03. The first-order chi connectivity index (χ1) is 6.22. The van der Waals surface area contributed by atoms with Crippen LogP contribution in [0.2, 0.25) is 0 Å². The number of aromatic nitrogens is 1. The minimum absolute atomic E-state index is 0.0984. The molecule has 5 heteroatoms. The van der Waals surface area contributed by atoms with Gasteiger partial charge in [-0.1, -0.05) is 0 Å². The number of nitrogens with zero attached hydrogens (tertiary/aromatic N) is 1. The fraction of sp³-hybridized carbons (Fsp3) is 0.375. The van der Waals surface area contributed by atoms with Gasteiger partial charge in [-0.05, 0) is 0 Å². The minimum atomic E-state index is -0.0984. The molecule has 3 N–H and O–H groups in total. The van der Waals surface area contributed by atoms with Crippen molar-refractivity contribution >= 4 is 11.5 Å². The largest absolute Gasteiger partial charge is 0.388 e. The second-order valence-electron chi connectivity index (χ2n) is 2.53. The van der Waals surface area contributed by atoms with Gasteiger partial charge in [0.25, 0.3) is 5.56 Å². The molecule has 0 amide bonds. The normalized spacial score (nSPS) is 9.46. The van der Waals surface area contributed by atoms with Crippen LogP contribution in [-0.4, -0.2) is 25.8 Å².